The number of anilines is 1. The third-order valence-electron chi connectivity index (χ3n) is 6.90. The van der Waals surface area contributed by atoms with E-state index in [1.54, 1.807) is 24.2 Å². The normalized spacial score (nSPS) is 14.5. The van der Waals surface area contributed by atoms with E-state index in [-0.39, 0.29) is 23.1 Å². The molecule has 0 aliphatic carbocycles. The van der Waals surface area contributed by atoms with Crippen LogP contribution in [0.2, 0.25) is 0 Å². The van der Waals surface area contributed by atoms with Gasteiger partial charge in [0.1, 0.15) is 11.4 Å². The first-order valence-corrected chi connectivity index (χ1v) is 18.1. The summed E-state index contributed by atoms with van der Waals surface area (Å²) in [7, 11) is 0. The second kappa shape index (κ2) is 20.0. The van der Waals surface area contributed by atoms with Crippen molar-refractivity contribution in [1.82, 2.24) is 25.5 Å². The number of alkyl carbamates (subject to hydrolysis) is 1. The number of rotatable bonds is 19. The number of aromatic nitrogens is 2. The molecule has 0 unspecified atom stereocenters. The lowest BCUT2D eigenvalue weighted by molar-refractivity contribution is -0.123. The quantitative estimate of drug-likeness (QED) is 0.141. The number of nitrogens with one attached hydrogen (secondary N) is 3. The van der Waals surface area contributed by atoms with E-state index in [1.807, 2.05) is 20.8 Å². The van der Waals surface area contributed by atoms with E-state index < -0.39 is 11.7 Å². The first-order valence-electron chi connectivity index (χ1n) is 16.3. The van der Waals surface area contributed by atoms with Crippen molar-refractivity contribution in [1.29, 1.82) is 0 Å². The zero-order chi connectivity index (χ0) is 35.0. The summed E-state index contributed by atoms with van der Waals surface area (Å²) in [5.74, 6) is 1.90. The van der Waals surface area contributed by atoms with Gasteiger partial charge in [0.2, 0.25) is 17.7 Å². The maximum atomic E-state index is 12.9. The van der Waals surface area contributed by atoms with Crippen molar-refractivity contribution in [3.05, 3.63) is 24.0 Å². The van der Waals surface area contributed by atoms with Crippen molar-refractivity contribution in [3.63, 3.8) is 0 Å². The molecule has 0 radical (unpaired) electrons. The maximum absolute atomic E-state index is 12.9. The first kappa shape index (κ1) is 39.7. The van der Waals surface area contributed by atoms with Gasteiger partial charge in [-0.3, -0.25) is 14.5 Å². The number of nitrogens with zero attached hydrogens (tertiary/aromatic N) is 3. The number of thioether (sulfide) groups is 1. The molecular weight excluding hydrogens is 661 g/mol. The van der Waals surface area contributed by atoms with Crippen molar-refractivity contribution >= 4 is 46.1 Å². The first-order chi connectivity index (χ1) is 22.8. The number of thiazole rings is 1. The predicted octanol–water partition coefficient (Wildman–Crippen LogP) is 4.06. The summed E-state index contributed by atoms with van der Waals surface area (Å²) in [4.78, 5) is 47.5. The van der Waals surface area contributed by atoms with Crippen molar-refractivity contribution in [3.8, 4) is 0 Å². The Hall–Kier alpha value is -2.76. The third kappa shape index (κ3) is 16.1. The van der Waals surface area contributed by atoms with Crippen molar-refractivity contribution in [2.75, 3.05) is 77.7 Å². The summed E-state index contributed by atoms with van der Waals surface area (Å²) in [6.45, 7) is 16.5. The van der Waals surface area contributed by atoms with Crippen molar-refractivity contribution in [2.45, 2.75) is 75.4 Å². The molecule has 1 fully saturated rings. The highest BCUT2D eigenvalue weighted by Crippen LogP contribution is 2.32. The van der Waals surface area contributed by atoms with E-state index in [1.165, 1.54) is 11.3 Å². The van der Waals surface area contributed by atoms with E-state index in [4.69, 9.17) is 23.4 Å². The number of piperidine rings is 1. The van der Waals surface area contributed by atoms with Crippen LogP contribution in [0, 0.1) is 5.92 Å². The molecule has 1 aliphatic rings. The minimum atomic E-state index is -0.528. The fourth-order valence-electron chi connectivity index (χ4n) is 4.40. The number of carbonyl (C=O) groups excluding carboxylic acids is 3. The Labute approximate surface area is 291 Å². The van der Waals surface area contributed by atoms with Crippen LogP contribution >= 0.6 is 23.1 Å². The van der Waals surface area contributed by atoms with Gasteiger partial charge in [-0.25, -0.2) is 14.8 Å². The van der Waals surface area contributed by atoms with Crippen LogP contribution < -0.4 is 16.0 Å². The molecule has 3 N–H and O–H groups in total. The van der Waals surface area contributed by atoms with Crippen molar-refractivity contribution in [2.24, 2.45) is 5.92 Å². The van der Waals surface area contributed by atoms with Crippen LogP contribution in [0.3, 0.4) is 0 Å². The molecule has 0 bridgehead atoms. The number of hydrogen-bond donors (Lipinski definition) is 3. The molecule has 270 valence electrons. The van der Waals surface area contributed by atoms with Crippen LogP contribution in [0.25, 0.3) is 0 Å². The Morgan fingerprint density at radius 1 is 0.917 bits per heavy atom. The summed E-state index contributed by atoms with van der Waals surface area (Å²) in [5, 5.41) is 9.04. The Morgan fingerprint density at radius 2 is 1.54 bits per heavy atom. The second-order valence-electron chi connectivity index (χ2n) is 13.3. The maximum Gasteiger partial charge on any atom is 0.407 e. The van der Waals surface area contributed by atoms with Crippen LogP contribution in [0.4, 0.5) is 9.93 Å². The molecule has 1 saturated heterocycles. The minimum Gasteiger partial charge on any atom is -0.444 e. The summed E-state index contributed by atoms with van der Waals surface area (Å²) < 4.78 is 28.3. The van der Waals surface area contributed by atoms with Gasteiger partial charge < -0.3 is 39.3 Å². The Morgan fingerprint density at radius 3 is 2.15 bits per heavy atom. The molecule has 0 atom stereocenters. The lowest BCUT2D eigenvalue weighted by Crippen LogP contribution is -2.44. The van der Waals surface area contributed by atoms with Crippen LogP contribution in [0.15, 0.2) is 21.0 Å². The standard InChI is InChI=1S/C32H52N6O8S2/c1-31(2,3)24-19-35-26(45-24)22-47-27-20-36-29(48-27)37-28(40)23-7-11-38(12-8-23)21-25(39)33-9-13-42-15-17-44-18-16-43-14-10-34-30(41)46-32(4,5)6/h19-20,23H,7-18,21-22H2,1-6H3,(H,33,39)(H,34,41)(H,36,37,40). The van der Waals surface area contributed by atoms with E-state index in [0.717, 1.165) is 9.97 Å². The fourth-order valence-corrected chi connectivity index (χ4v) is 6.13. The van der Waals surface area contributed by atoms with Gasteiger partial charge >= 0.3 is 6.09 Å². The summed E-state index contributed by atoms with van der Waals surface area (Å²) >= 11 is 3.01. The molecule has 14 nitrogen and oxygen atoms in total. The van der Waals surface area contributed by atoms with Gasteiger partial charge in [-0.15, -0.1) is 11.8 Å². The summed E-state index contributed by atoms with van der Waals surface area (Å²) in [5.41, 5.74) is -0.612. The molecule has 3 amide bonds. The van der Waals surface area contributed by atoms with E-state index in [0.29, 0.717) is 102 Å². The Bertz CT molecular complexity index is 1270. The summed E-state index contributed by atoms with van der Waals surface area (Å²) in [6, 6.07) is 0. The van der Waals surface area contributed by atoms with Gasteiger partial charge in [0.15, 0.2) is 5.13 Å². The number of oxazole rings is 1. The Balaban J connectivity index is 1.15. The minimum absolute atomic E-state index is 0.0335. The smallest absolute Gasteiger partial charge is 0.407 e. The average molecular weight is 713 g/mol. The van der Waals surface area contributed by atoms with E-state index in [9.17, 15) is 14.4 Å². The van der Waals surface area contributed by atoms with Gasteiger partial charge in [0.05, 0.1) is 68.5 Å². The fraction of sp³-hybridized carbons (Fsp3) is 0.719. The molecule has 0 saturated carbocycles. The second-order valence-corrected chi connectivity index (χ2v) is 15.6. The number of hydrogen-bond acceptors (Lipinski definition) is 13. The van der Waals surface area contributed by atoms with E-state index >= 15 is 0 Å². The Kier molecular flexibility index (Phi) is 16.6. The number of ether oxygens (including phenoxy) is 4. The van der Waals surface area contributed by atoms with Gasteiger partial charge in [-0.05, 0) is 46.7 Å². The third-order valence-corrected chi connectivity index (χ3v) is 8.99. The van der Waals surface area contributed by atoms with Crippen LogP contribution in [-0.2, 0) is 39.7 Å². The van der Waals surface area contributed by atoms with Crippen LogP contribution in [0.1, 0.15) is 66.0 Å². The molecule has 1 aliphatic heterocycles. The van der Waals surface area contributed by atoms with Crippen molar-refractivity contribution < 1.29 is 37.7 Å². The highest BCUT2D eigenvalue weighted by Gasteiger charge is 2.27. The molecule has 3 rings (SSSR count). The van der Waals surface area contributed by atoms with Gasteiger partial charge in [-0.1, -0.05) is 32.1 Å². The number of amides is 3. The molecule has 2 aromatic rings. The van der Waals surface area contributed by atoms with Gasteiger partial charge in [-0.2, -0.15) is 0 Å². The zero-order valence-electron chi connectivity index (χ0n) is 29.1. The number of carbonyl (C=O) groups is 3. The molecular formula is C32H52N6O8S2. The lowest BCUT2D eigenvalue weighted by atomic mass is 9.94. The highest BCUT2D eigenvalue weighted by molar-refractivity contribution is 8.00. The molecule has 3 heterocycles. The van der Waals surface area contributed by atoms with Gasteiger partial charge in [0.25, 0.3) is 0 Å². The monoisotopic (exact) mass is 712 g/mol. The summed E-state index contributed by atoms with van der Waals surface area (Å²) in [6.07, 6.45) is 4.44. The topological polar surface area (TPSA) is 166 Å². The molecule has 0 aromatic carbocycles. The molecule has 16 heteroatoms. The zero-order valence-corrected chi connectivity index (χ0v) is 30.7. The average Bonchev–Trinajstić information content (AvgIpc) is 3.68. The molecule has 48 heavy (non-hydrogen) atoms. The predicted molar refractivity (Wildman–Crippen MR) is 184 cm³/mol. The van der Waals surface area contributed by atoms with Gasteiger partial charge in [0, 0.05) is 24.4 Å². The highest BCUT2D eigenvalue weighted by atomic mass is 32.2. The largest absolute Gasteiger partial charge is 0.444 e. The van der Waals surface area contributed by atoms with Crippen LogP contribution in [-0.4, -0.2) is 111 Å². The SMILES string of the molecule is CC(C)(C)OC(=O)NCCOCCOCCOCCNC(=O)CN1CCC(C(=O)Nc2ncc(SCc3ncc(C(C)(C)C)o3)s2)CC1. The lowest BCUT2D eigenvalue weighted by Gasteiger charge is -2.30. The van der Waals surface area contributed by atoms with Crippen LogP contribution in [0.5, 0.6) is 0 Å². The number of likely N-dealkylation sites (tertiary alicyclic amines) is 1. The molecule has 2 aromatic heterocycles. The van der Waals surface area contributed by atoms with E-state index in [2.05, 4.69) is 51.6 Å². The molecule has 0 spiro atoms.